The van der Waals surface area contributed by atoms with Gasteiger partial charge in [0.15, 0.2) is 0 Å². The van der Waals surface area contributed by atoms with Crippen molar-refractivity contribution >= 4 is 48.6 Å². The highest BCUT2D eigenvalue weighted by atomic mass is 32.1. The van der Waals surface area contributed by atoms with Crippen LogP contribution in [0.3, 0.4) is 0 Å². The van der Waals surface area contributed by atoms with Crippen LogP contribution in [-0.2, 0) is 0 Å². The quantitative estimate of drug-likeness (QED) is 0.241. The normalized spacial score (nSPS) is 11.3. The minimum Gasteiger partial charge on any atom is -0.310 e. The molecule has 2 heteroatoms. The lowest BCUT2D eigenvalue weighted by Gasteiger charge is -2.27. The first kappa shape index (κ1) is 22.6. The maximum atomic E-state index is 2.37. The van der Waals surface area contributed by atoms with Crippen LogP contribution >= 0.6 is 11.3 Å². The highest BCUT2D eigenvalue weighted by Crippen LogP contribution is 2.39. The van der Waals surface area contributed by atoms with Crippen molar-refractivity contribution in [3.8, 4) is 11.1 Å². The Morgan fingerprint density at radius 1 is 0.444 bits per heavy atom. The van der Waals surface area contributed by atoms with E-state index in [0.717, 1.165) is 5.69 Å². The van der Waals surface area contributed by atoms with Crippen molar-refractivity contribution in [3.05, 3.63) is 125 Å². The highest BCUT2D eigenvalue weighted by molar-refractivity contribution is 7.25. The monoisotopic (exact) mass is 483 g/mol. The van der Waals surface area contributed by atoms with E-state index >= 15 is 0 Å². The number of fused-ring (bicyclic) bond motifs is 3. The first-order valence-corrected chi connectivity index (χ1v) is 13.2. The summed E-state index contributed by atoms with van der Waals surface area (Å²) in [7, 11) is 0. The van der Waals surface area contributed by atoms with Crippen LogP contribution in [0.1, 0.15) is 22.3 Å². The van der Waals surface area contributed by atoms with Gasteiger partial charge in [-0.15, -0.1) is 11.3 Å². The average molecular weight is 484 g/mol. The number of thiophene rings is 1. The van der Waals surface area contributed by atoms with Gasteiger partial charge in [0.05, 0.1) is 0 Å². The van der Waals surface area contributed by atoms with Crippen LogP contribution in [0.15, 0.2) is 103 Å². The number of benzene rings is 5. The van der Waals surface area contributed by atoms with Gasteiger partial charge in [0.2, 0.25) is 0 Å². The first-order chi connectivity index (χ1) is 17.4. The largest absolute Gasteiger partial charge is 0.310 e. The molecule has 0 amide bonds. The minimum absolute atomic E-state index is 1.16. The van der Waals surface area contributed by atoms with E-state index in [2.05, 4.69) is 136 Å². The fourth-order valence-electron chi connectivity index (χ4n) is 5.32. The van der Waals surface area contributed by atoms with E-state index in [0.29, 0.717) is 0 Å². The summed E-state index contributed by atoms with van der Waals surface area (Å²) < 4.78 is 2.68. The standard InChI is InChI=1S/C34H29NS/c1-22-15-23(2)18-29(17-22)35(30-19-24(3)16-25(4)20-30)28-12-9-26(10-13-28)27-11-14-32-31-7-5-6-8-33(31)36-34(32)21-27/h5-21H,1-4H3. The Morgan fingerprint density at radius 3 is 1.58 bits per heavy atom. The number of hydrogen-bond donors (Lipinski definition) is 0. The summed E-state index contributed by atoms with van der Waals surface area (Å²) in [4.78, 5) is 2.37. The van der Waals surface area contributed by atoms with Gasteiger partial charge in [-0.05, 0) is 110 Å². The predicted molar refractivity (Wildman–Crippen MR) is 158 cm³/mol. The second-order valence-corrected chi connectivity index (χ2v) is 11.0. The van der Waals surface area contributed by atoms with E-state index in [4.69, 9.17) is 0 Å². The zero-order valence-corrected chi connectivity index (χ0v) is 22.0. The van der Waals surface area contributed by atoms with E-state index in [1.54, 1.807) is 0 Å². The third kappa shape index (κ3) is 4.19. The number of anilines is 3. The van der Waals surface area contributed by atoms with Crippen LogP contribution < -0.4 is 4.90 Å². The second kappa shape index (κ2) is 8.96. The lowest BCUT2D eigenvalue weighted by Crippen LogP contribution is -2.11. The molecule has 0 saturated heterocycles. The number of hydrogen-bond acceptors (Lipinski definition) is 2. The predicted octanol–water partition coefficient (Wildman–Crippen LogP) is 10.4. The second-order valence-electron chi connectivity index (χ2n) is 9.88. The summed E-state index contributed by atoms with van der Waals surface area (Å²) in [5.74, 6) is 0. The summed E-state index contributed by atoms with van der Waals surface area (Å²) >= 11 is 1.87. The van der Waals surface area contributed by atoms with Gasteiger partial charge in [0.1, 0.15) is 0 Å². The van der Waals surface area contributed by atoms with Gasteiger partial charge < -0.3 is 4.90 Å². The maximum absolute atomic E-state index is 2.37. The van der Waals surface area contributed by atoms with Crippen LogP contribution in [0.4, 0.5) is 17.1 Å². The smallest absolute Gasteiger partial charge is 0.0466 e. The van der Waals surface area contributed by atoms with Crippen molar-refractivity contribution in [1.82, 2.24) is 0 Å². The van der Waals surface area contributed by atoms with Gasteiger partial charge in [0, 0.05) is 37.2 Å². The molecule has 1 aromatic heterocycles. The molecule has 36 heavy (non-hydrogen) atoms. The zero-order valence-electron chi connectivity index (χ0n) is 21.2. The Labute approximate surface area is 217 Å². The van der Waals surface area contributed by atoms with E-state index in [9.17, 15) is 0 Å². The van der Waals surface area contributed by atoms with Gasteiger partial charge in [0.25, 0.3) is 0 Å². The van der Waals surface area contributed by atoms with Crippen LogP contribution in [-0.4, -0.2) is 0 Å². The summed E-state index contributed by atoms with van der Waals surface area (Å²) in [5, 5.41) is 2.68. The molecule has 6 aromatic rings. The molecule has 0 aliphatic carbocycles. The van der Waals surface area contributed by atoms with E-state index in [1.807, 2.05) is 11.3 Å². The fraction of sp³-hybridized carbons (Fsp3) is 0.118. The van der Waals surface area contributed by atoms with Crippen molar-refractivity contribution in [3.63, 3.8) is 0 Å². The van der Waals surface area contributed by atoms with Crippen molar-refractivity contribution in [2.45, 2.75) is 27.7 Å². The lowest BCUT2D eigenvalue weighted by atomic mass is 10.0. The molecule has 6 rings (SSSR count). The van der Waals surface area contributed by atoms with Gasteiger partial charge in [-0.3, -0.25) is 0 Å². The molecule has 5 aromatic carbocycles. The molecule has 0 bridgehead atoms. The Balaban J connectivity index is 1.43. The van der Waals surface area contributed by atoms with E-state index < -0.39 is 0 Å². The highest BCUT2D eigenvalue weighted by Gasteiger charge is 2.15. The Morgan fingerprint density at radius 2 is 0.972 bits per heavy atom. The van der Waals surface area contributed by atoms with Crippen LogP contribution in [0, 0.1) is 27.7 Å². The minimum atomic E-state index is 1.16. The van der Waals surface area contributed by atoms with Gasteiger partial charge in [-0.1, -0.05) is 54.6 Å². The molecular formula is C34H29NS. The Kier molecular flexibility index (Phi) is 5.62. The third-order valence-electron chi connectivity index (χ3n) is 6.77. The Hall–Kier alpha value is -3.88. The number of aryl methyl sites for hydroxylation is 4. The molecule has 0 aliphatic heterocycles. The molecule has 0 spiro atoms. The number of nitrogens with zero attached hydrogens (tertiary/aromatic N) is 1. The topological polar surface area (TPSA) is 3.24 Å². The molecule has 0 aliphatic rings. The SMILES string of the molecule is Cc1cc(C)cc(N(c2ccc(-c3ccc4c(c3)sc3ccccc34)cc2)c2cc(C)cc(C)c2)c1. The first-order valence-electron chi connectivity index (χ1n) is 12.4. The van der Waals surface area contributed by atoms with E-state index in [1.165, 1.54) is 64.9 Å². The molecule has 1 nitrogen and oxygen atoms in total. The summed E-state index contributed by atoms with van der Waals surface area (Å²) in [6, 6.07) is 38.1. The summed E-state index contributed by atoms with van der Waals surface area (Å²) in [6.07, 6.45) is 0. The molecular weight excluding hydrogens is 454 g/mol. The third-order valence-corrected chi connectivity index (χ3v) is 7.90. The van der Waals surface area contributed by atoms with Crippen molar-refractivity contribution in [2.24, 2.45) is 0 Å². The molecule has 0 N–H and O–H groups in total. The van der Waals surface area contributed by atoms with Crippen LogP contribution in [0.5, 0.6) is 0 Å². The molecule has 1 heterocycles. The zero-order chi connectivity index (χ0) is 24.8. The van der Waals surface area contributed by atoms with Gasteiger partial charge in [-0.25, -0.2) is 0 Å². The summed E-state index contributed by atoms with van der Waals surface area (Å²) in [6.45, 7) is 8.68. The van der Waals surface area contributed by atoms with Gasteiger partial charge >= 0.3 is 0 Å². The lowest BCUT2D eigenvalue weighted by molar-refractivity contribution is 1.23. The van der Waals surface area contributed by atoms with E-state index in [-0.39, 0.29) is 0 Å². The molecule has 176 valence electrons. The van der Waals surface area contributed by atoms with Gasteiger partial charge in [-0.2, -0.15) is 0 Å². The molecule has 0 saturated carbocycles. The fourth-order valence-corrected chi connectivity index (χ4v) is 6.46. The average Bonchev–Trinajstić information content (AvgIpc) is 3.21. The molecule has 0 atom stereocenters. The van der Waals surface area contributed by atoms with Crippen molar-refractivity contribution in [1.29, 1.82) is 0 Å². The Bertz CT molecular complexity index is 1630. The molecule has 0 fully saturated rings. The molecule has 0 unspecified atom stereocenters. The van der Waals surface area contributed by atoms with Crippen molar-refractivity contribution < 1.29 is 0 Å². The van der Waals surface area contributed by atoms with Crippen LogP contribution in [0.25, 0.3) is 31.3 Å². The number of rotatable bonds is 4. The molecule has 0 radical (unpaired) electrons. The van der Waals surface area contributed by atoms with Crippen molar-refractivity contribution in [2.75, 3.05) is 4.90 Å². The summed E-state index contributed by atoms with van der Waals surface area (Å²) in [5.41, 5.74) is 11.1. The van der Waals surface area contributed by atoms with Crippen LogP contribution in [0.2, 0.25) is 0 Å². The maximum Gasteiger partial charge on any atom is 0.0466 e.